The first-order valence-corrected chi connectivity index (χ1v) is 13.8. The summed E-state index contributed by atoms with van der Waals surface area (Å²) in [5, 5.41) is 2.87. The van der Waals surface area contributed by atoms with Crippen molar-refractivity contribution >= 4 is 27.3 Å². The fraction of sp³-hybridized carbons (Fsp3) is 0.321. The highest BCUT2D eigenvalue weighted by atomic mass is 32.2. The number of piperidine rings is 1. The van der Waals surface area contributed by atoms with E-state index < -0.39 is 10.0 Å². The largest absolute Gasteiger partial charge is 0.367 e. The molecule has 0 aliphatic carbocycles. The van der Waals surface area contributed by atoms with Gasteiger partial charge in [0.05, 0.1) is 4.90 Å². The second-order valence-electron chi connectivity index (χ2n) is 9.29. The monoisotopic (exact) mass is 489 g/mol. The molecule has 7 heteroatoms. The lowest BCUT2D eigenvalue weighted by Crippen LogP contribution is -2.35. The predicted molar refractivity (Wildman–Crippen MR) is 139 cm³/mol. The second-order valence-corrected chi connectivity index (χ2v) is 11.2. The van der Waals surface area contributed by atoms with Gasteiger partial charge in [-0.25, -0.2) is 8.42 Å². The number of hydrogen-bond acceptors (Lipinski definition) is 4. The second kappa shape index (κ2) is 10.2. The maximum Gasteiger partial charge on any atom is 0.255 e. The number of rotatable bonds is 6. The summed E-state index contributed by atoms with van der Waals surface area (Å²) in [4.78, 5) is 15.4. The molecule has 5 rings (SSSR count). The lowest BCUT2D eigenvalue weighted by atomic mass is 10.0. The molecule has 0 spiro atoms. The zero-order valence-electron chi connectivity index (χ0n) is 19.8. The number of anilines is 2. The Morgan fingerprint density at radius 2 is 1.51 bits per heavy atom. The zero-order chi connectivity index (χ0) is 24.3. The van der Waals surface area contributed by atoms with E-state index in [1.54, 1.807) is 28.6 Å². The number of nitrogens with one attached hydrogen (secondary N) is 1. The van der Waals surface area contributed by atoms with Crippen molar-refractivity contribution in [1.82, 2.24) is 4.31 Å². The molecule has 0 saturated carbocycles. The van der Waals surface area contributed by atoms with E-state index in [0.29, 0.717) is 24.3 Å². The maximum absolute atomic E-state index is 12.8. The van der Waals surface area contributed by atoms with E-state index in [9.17, 15) is 13.2 Å². The Bertz CT molecular complexity index is 1280. The van der Waals surface area contributed by atoms with E-state index in [2.05, 4.69) is 34.5 Å². The molecule has 0 bridgehead atoms. The molecule has 0 atom stereocenters. The highest BCUT2D eigenvalue weighted by molar-refractivity contribution is 7.89. The van der Waals surface area contributed by atoms with Gasteiger partial charge < -0.3 is 10.2 Å². The molecular weight excluding hydrogens is 458 g/mol. The Morgan fingerprint density at radius 1 is 0.800 bits per heavy atom. The first-order chi connectivity index (χ1) is 17.0. The third kappa shape index (κ3) is 5.26. The summed E-state index contributed by atoms with van der Waals surface area (Å²) in [5.41, 5.74) is 4.99. The number of carbonyl (C=O) groups is 1. The molecule has 1 fully saturated rings. The third-order valence-corrected chi connectivity index (χ3v) is 8.77. The third-order valence-electron chi connectivity index (χ3n) is 6.86. The van der Waals surface area contributed by atoms with Crippen LogP contribution in [0.1, 0.15) is 47.2 Å². The molecular formula is C28H31N3O3S. The normalized spacial score (nSPS) is 16.5. The van der Waals surface area contributed by atoms with E-state index in [4.69, 9.17) is 0 Å². The summed E-state index contributed by atoms with van der Waals surface area (Å²) in [6.07, 6.45) is 5.14. The number of amides is 1. The average Bonchev–Trinajstić information content (AvgIpc) is 2.90. The minimum atomic E-state index is -3.48. The van der Waals surface area contributed by atoms with Gasteiger partial charge in [-0.1, -0.05) is 36.8 Å². The Morgan fingerprint density at radius 3 is 2.26 bits per heavy atom. The number of aryl methyl sites for hydroxylation is 1. The molecule has 3 aromatic rings. The lowest BCUT2D eigenvalue weighted by molar-refractivity contribution is 0.102. The van der Waals surface area contributed by atoms with Gasteiger partial charge in [0.1, 0.15) is 0 Å². The quantitative estimate of drug-likeness (QED) is 0.525. The van der Waals surface area contributed by atoms with Crippen molar-refractivity contribution < 1.29 is 13.2 Å². The molecule has 2 heterocycles. The van der Waals surface area contributed by atoms with Gasteiger partial charge in [0.25, 0.3) is 5.91 Å². The summed E-state index contributed by atoms with van der Waals surface area (Å²) in [6.45, 7) is 2.98. The van der Waals surface area contributed by atoms with Gasteiger partial charge in [-0.15, -0.1) is 0 Å². The summed E-state index contributed by atoms with van der Waals surface area (Å²) in [6, 6.07) is 22.7. The smallest absolute Gasteiger partial charge is 0.255 e. The number of sulfonamides is 1. The molecule has 0 radical (unpaired) electrons. The fourth-order valence-electron chi connectivity index (χ4n) is 4.93. The molecule has 35 heavy (non-hydrogen) atoms. The van der Waals surface area contributed by atoms with Gasteiger partial charge in [-0.2, -0.15) is 4.31 Å². The van der Waals surface area contributed by atoms with Gasteiger partial charge in [0.15, 0.2) is 0 Å². The molecule has 0 aromatic heterocycles. The highest BCUT2D eigenvalue weighted by Gasteiger charge is 2.25. The van der Waals surface area contributed by atoms with Crippen LogP contribution in [-0.4, -0.2) is 38.3 Å². The topological polar surface area (TPSA) is 69.7 Å². The summed E-state index contributed by atoms with van der Waals surface area (Å²) in [7, 11) is -3.48. The minimum absolute atomic E-state index is 0.216. The maximum atomic E-state index is 12.8. The number of hydrogen-bond donors (Lipinski definition) is 1. The van der Waals surface area contributed by atoms with Crippen LogP contribution in [0.3, 0.4) is 0 Å². The number of nitrogens with zero attached hydrogens (tertiary/aromatic N) is 2. The first-order valence-electron chi connectivity index (χ1n) is 12.3. The molecule has 2 aliphatic heterocycles. The average molecular weight is 490 g/mol. The van der Waals surface area contributed by atoms with Crippen molar-refractivity contribution in [3.8, 4) is 0 Å². The zero-order valence-corrected chi connectivity index (χ0v) is 20.6. The van der Waals surface area contributed by atoms with E-state index in [1.165, 1.54) is 11.3 Å². The summed E-state index contributed by atoms with van der Waals surface area (Å²) >= 11 is 0. The molecule has 1 amide bonds. The van der Waals surface area contributed by atoms with Crippen LogP contribution in [0.25, 0.3) is 0 Å². The molecule has 1 saturated heterocycles. The van der Waals surface area contributed by atoms with Crippen molar-refractivity contribution in [3.63, 3.8) is 0 Å². The van der Waals surface area contributed by atoms with Crippen LogP contribution in [-0.2, 0) is 23.0 Å². The van der Waals surface area contributed by atoms with Crippen molar-refractivity contribution in [3.05, 3.63) is 89.5 Å². The predicted octanol–water partition coefficient (Wildman–Crippen LogP) is 5.07. The van der Waals surface area contributed by atoms with Crippen molar-refractivity contribution in [2.75, 3.05) is 29.9 Å². The number of para-hydroxylation sites is 1. The molecule has 1 N–H and O–H groups in total. The standard InChI is InChI=1S/C28H31N3O3S/c32-28(29-25-14-16-26(17-15-25)35(33,34)31-19-4-1-5-20-31)24-12-10-22(11-13-24)21-30-18-6-8-23-7-2-3-9-27(23)30/h2-3,7,9-17H,1,4-6,8,18-21H2,(H,29,32). The molecule has 182 valence electrons. The van der Waals surface area contributed by atoms with E-state index in [1.807, 2.05) is 24.3 Å². The van der Waals surface area contributed by atoms with Gasteiger partial charge >= 0.3 is 0 Å². The Balaban J connectivity index is 1.21. The molecule has 3 aromatic carbocycles. The number of carbonyl (C=O) groups excluding carboxylic acids is 1. The van der Waals surface area contributed by atoms with Crippen molar-refractivity contribution in [1.29, 1.82) is 0 Å². The van der Waals surface area contributed by atoms with Gasteiger partial charge in [0, 0.05) is 43.1 Å². The van der Waals surface area contributed by atoms with Crippen LogP contribution >= 0.6 is 0 Å². The van der Waals surface area contributed by atoms with Crippen molar-refractivity contribution in [2.45, 2.75) is 43.5 Å². The van der Waals surface area contributed by atoms with Crippen LogP contribution in [0.15, 0.2) is 77.7 Å². The summed E-state index contributed by atoms with van der Waals surface area (Å²) < 4.78 is 27.2. The first kappa shape index (κ1) is 23.6. The van der Waals surface area contributed by atoms with Crippen LogP contribution in [0, 0.1) is 0 Å². The Kier molecular flexibility index (Phi) is 6.88. The number of fused-ring (bicyclic) bond motifs is 1. The lowest BCUT2D eigenvalue weighted by Gasteiger charge is -2.31. The van der Waals surface area contributed by atoms with Gasteiger partial charge in [0.2, 0.25) is 10.0 Å². The fourth-order valence-corrected chi connectivity index (χ4v) is 6.44. The van der Waals surface area contributed by atoms with Crippen molar-refractivity contribution in [2.24, 2.45) is 0 Å². The van der Waals surface area contributed by atoms with Gasteiger partial charge in [-0.3, -0.25) is 4.79 Å². The van der Waals surface area contributed by atoms with Crippen LogP contribution < -0.4 is 10.2 Å². The number of benzene rings is 3. The summed E-state index contributed by atoms with van der Waals surface area (Å²) in [5.74, 6) is -0.216. The van der Waals surface area contributed by atoms with E-state index in [0.717, 1.165) is 50.8 Å². The van der Waals surface area contributed by atoms with Gasteiger partial charge in [-0.05, 0) is 79.3 Å². The van der Waals surface area contributed by atoms with Crippen LogP contribution in [0.2, 0.25) is 0 Å². The molecule has 6 nitrogen and oxygen atoms in total. The minimum Gasteiger partial charge on any atom is -0.367 e. The SMILES string of the molecule is O=C(Nc1ccc(S(=O)(=O)N2CCCCC2)cc1)c1ccc(CN2CCCc3ccccc32)cc1. The van der Waals surface area contributed by atoms with E-state index in [-0.39, 0.29) is 10.8 Å². The molecule has 2 aliphatic rings. The van der Waals surface area contributed by atoms with Crippen LogP contribution in [0.4, 0.5) is 11.4 Å². The Hall–Kier alpha value is -3.16. The van der Waals surface area contributed by atoms with Crippen LogP contribution in [0.5, 0.6) is 0 Å². The highest BCUT2D eigenvalue weighted by Crippen LogP contribution is 2.28. The van der Waals surface area contributed by atoms with E-state index >= 15 is 0 Å². The Labute approximate surface area is 207 Å². The molecule has 0 unspecified atom stereocenters.